The zero-order chi connectivity index (χ0) is 18.5. The molecule has 1 rings (SSSR count). The topological polar surface area (TPSA) is 66.5 Å². The van der Waals surface area contributed by atoms with Crippen molar-refractivity contribution in [1.82, 2.24) is 5.32 Å². The summed E-state index contributed by atoms with van der Waals surface area (Å²) in [6, 6.07) is 4.07. The van der Waals surface area contributed by atoms with E-state index in [9.17, 15) is 26.4 Å². The van der Waals surface area contributed by atoms with Crippen molar-refractivity contribution in [3.63, 3.8) is 0 Å². The van der Waals surface area contributed by atoms with E-state index < -0.39 is 21.8 Å². The summed E-state index contributed by atoms with van der Waals surface area (Å²) in [5.74, 6) is -0.0815. The number of hydrogen-bond acceptors (Lipinski definition) is 3. The molecule has 0 radical (unpaired) electrons. The van der Waals surface area contributed by atoms with Crippen LogP contribution in [0.25, 0.3) is 0 Å². The fourth-order valence-corrected chi connectivity index (χ4v) is 2.98. The largest absolute Gasteiger partial charge is 0.416 e. The van der Waals surface area contributed by atoms with E-state index in [0.717, 1.165) is 28.8 Å². The molecule has 1 amide bonds. The van der Waals surface area contributed by atoms with Crippen molar-refractivity contribution >= 4 is 21.6 Å². The minimum absolute atomic E-state index is 0.00880. The minimum Gasteiger partial charge on any atom is -0.354 e. The molecule has 0 spiro atoms. The third kappa shape index (κ3) is 6.38. The van der Waals surface area contributed by atoms with E-state index in [1.54, 1.807) is 0 Å². The van der Waals surface area contributed by atoms with Gasteiger partial charge in [0.2, 0.25) is 15.9 Å². The van der Waals surface area contributed by atoms with Crippen LogP contribution in [0.15, 0.2) is 24.3 Å². The van der Waals surface area contributed by atoms with Crippen molar-refractivity contribution in [3.05, 3.63) is 29.8 Å². The molecule has 0 aliphatic rings. The van der Waals surface area contributed by atoms with Gasteiger partial charge in [-0.05, 0) is 24.1 Å². The molecule has 0 aromatic heterocycles. The number of halogens is 3. The summed E-state index contributed by atoms with van der Waals surface area (Å²) < 4.78 is 62.9. The van der Waals surface area contributed by atoms with Crippen molar-refractivity contribution in [3.8, 4) is 0 Å². The number of nitrogens with one attached hydrogen (secondary N) is 1. The highest BCUT2D eigenvalue weighted by Gasteiger charge is 2.31. The Morgan fingerprint density at radius 2 is 1.92 bits per heavy atom. The van der Waals surface area contributed by atoms with Gasteiger partial charge >= 0.3 is 6.18 Å². The summed E-state index contributed by atoms with van der Waals surface area (Å²) in [6.07, 6.45) is -3.36. The highest BCUT2D eigenvalue weighted by Crippen LogP contribution is 2.32. The first kappa shape index (κ1) is 20.3. The number of alkyl halides is 3. The molecule has 0 saturated heterocycles. The van der Waals surface area contributed by atoms with Crippen LogP contribution in [-0.2, 0) is 21.0 Å². The van der Waals surface area contributed by atoms with Crippen molar-refractivity contribution in [2.45, 2.75) is 26.4 Å². The first-order chi connectivity index (χ1) is 10.9. The Labute approximate surface area is 139 Å². The molecule has 24 heavy (non-hydrogen) atoms. The molecule has 0 aliphatic carbocycles. The van der Waals surface area contributed by atoms with Crippen molar-refractivity contribution in [2.24, 2.45) is 5.92 Å². The summed E-state index contributed by atoms with van der Waals surface area (Å²) in [4.78, 5) is 11.6. The molecule has 1 aromatic rings. The van der Waals surface area contributed by atoms with Gasteiger partial charge in [0.25, 0.3) is 0 Å². The predicted octanol–water partition coefficient (Wildman–Crippen LogP) is 2.63. The van der Waals surface area contributed by atoms with Crippen LogP contribution in [0.4, 0.5) is 18.9 Å². The molecule has 136 valence electrons. The number of nitrogens with zero attached hydrogens (tertiary/aromatic N) is 1. The number of carbonyl (C=O) groups excluding carboxylic acids is 1. The summed E-state index contributed by atoms with van der Waals surface area (Å²) in [5.41, 5.74) is -1.03. The lowest BCUT2D eigenvalue weighted by Gasteiger charge is -2.23. The van der Waals surface area contributed by atoms with E-state index in [4.69, 9.17) is 0 Å². The van der Waals surface area contributed by atoms with Gasteiger partial charge in [-0.1, -0.05) is 19.9 Å². The van der Waals surface area contributed by atoms with Crippen molar-refractivity contribution in [2.75, 3.05) is 23.7 Å². The van der Waals surface area contributed by atoms with Crippen molar-refractivity contribution in [1.29, 1.82) is 0 Å². The molecule has 0 saturated carbocycles. The number of benzene rings is 1. The van der Waals surface area contributed by atoms with E-state index in [-0.39, 0.29) is 30.6 Å². The van der Waals surface area contributed by atoms with Gasteiger partial charge in [-0.2, -0.15) is 13.2 Å². The molecule has 0 atom stereocenters. The van der Waals surface area contributed by atoms with Gasteiger partial charge in [0.1, 0.15) is 0 Å². The van der Waals surface area contributed by atoms with Crippen LogP contribution in [0, 0.1) is 5.92 Å². The average molecular weight is 366 g/mol. The molecule has 5 nitrogen and oxygen atoms in total. The van der Waals surface area contributed by atoms with Crippen LogP contribution in [-0.4, -0.2) is 33.7 Å². The second-order valence-corrected chi connectivity index (χ2v) is 7.74. The van der Waals surface area contributed by atoms with Crippen LogP contribution >= 0.6 is 0 Å². The van der Waals surface area contributed by atoms with Gasteiger partial charge in [-0.3, -0.25) is 9.10 Å². The molecule has 1 aromatic carbocycles. The minimum atomic E-state index is -4.56. The van der Waals surface area contributed by atoms with Crippen LogP contribution in [0.3, 0.4) is 0 Å². The molecule has 0 heterocycles. The quantitative estimate of drug-likeness (QED) is 0.807. The number of hydrogen-bond donors (Lipinski definition) is 1. The van der Waals surface area contributed by atoms with E-state index >= 15 is 0 Å². The van der Waals surface area contributed by atoms with Gasteiger partial charge in [-0.25, -0.2) is 8.42 Å². The Bertz CT molecular complexity index is 673. The number of sulfonamides is 1. The zero-order valence-electron chi connectivity index (χ0n) is 13.7. The predicted molar refractivity (Wildman–Crippen MR) is 86.1 cm³/mol. The molecule has 9 heteroatoms. The Kier molecular flexibility index (Phi) is 6.65. The summed E-state index contributed by atoms with van der Waals surface area (Å²) in [7, 11) is -3.79. The third-order valence-corrected chi connectivity index (χ3v) is 4.29. The van der Waals surface area contributed by atoms with Crippen LogP contribution in [0.2, 0.25) is 0 Å². The number of rotatable bonds is 7. The van der Waals surface area contributed by atoms with E-state index in [1.165, 1.54) is 6.07 Å². The standard InChI is InChI=1S/C15H21F3N2O3S/c1-11(2)9-14(21)19-7-8-20(24(3,22)23)13-6-4-5-12(10-13)15(16,17)18/h4-6,10-11H,7-9H2,1-3H3,(H,19,21). The van der Waals surface area contributed by atoms with Gasteiger partial charge in [0.15, 0.2) is 0 Å². The Morgan fingerprint density at radius 3 is 2.42 bits per heavy atom. The first-order valence-electron chi connectivity index (χ1n) is 7.33. The van der Waals surface area contributed by atoms with Crippen LogP contribution < -0.4 is 9.62 Å². The van der Waals surface area contributed by atoms with Gasteiger partial charge in [0.05, 0.1) is 24.1 Å². The monoisotopic (exact) mass is 366 g/mol. The third-order valence-electron chi connectivity index (χ3n) is 3.09. The highest BCUT2D eigenvalue weighted by molar-refractivity contribution is 7.92. The molecular weight excluding hydrogens is 345 g/mol. The molecule has 0 aliphatic heterocycles. The second kappa shape index (κ2) is 7.87. The van der Waals surface area contributed by atoms with Gasteiger partial charge < -0.3 is 5.32 Å². The smallest absolute Gasteiger partial charge is 0.354 e. The fourth-order valence-electron chi connectivity index (χ4n) is 2.06. The average Bonchev–Trinajstić information content (AvgIpc) is 2.40. The zero-order valence-corrected chi connectivity index (χ0v) is 14.5. The summed E-state index contributed by atoms with van der Waals surface area (Å²) in [6.45, 7) is 3.59. The van der Waals surface area contributed by atoms with Gasteiger partial charge in [0, 0.05) is 13.0 Å². The SMILES string of the molecule is CC(C)CC(=O)NCCN(c1cccc(C(F)(F)F)c1)S(C)(=O)=O. The lowest BCUT2D eigenvalue weighted by atomic mass is 10.1. The Balaban J connectivity index is 2.90. The maximum absolute atomic E-state index is 12.8. The molecule has 1 N–H and O–H groups in total. The fraction of sp³-hybridized carbons (Fsp3) is 0.533. The lowest BCUT2D eigenvalue weighted by molar-refractivity contribution is -0.137. The van der Waals surface area contributed by atoms with E-state index in [2.05, 4.69) is 5.32 Å². The molecule has 0 bridgehead atoms. The molecule has 0 fully saturated rings. The summed E-state index contributed by atoms with van der Waals surface area (Å²) >= 11 is 0. The van der Waals surface area contributed by atoms with E-state index in [0.29, 0.717) is 6.42 Å². The van der Waals surface area contributed by atoms with Gasteiger partial charge in [-0.15, -0.1) is 0 Å². The number of anilines is 1. The first-order valence-corrected chi connectivity index (χ1v) is 9.17. The molecule has 0 unspecified atom stereocenters. The lowest BCUT2D eigenvalue weighted by Crippen LogP contribution is -2.38. The highest BCUT2D eigenvalue weighted by atomic mass is 32.2. The Morgan fingerprint density at radius 1 is 1.29 bits per heavy atom. The van der Waals surface area contributed by atoms with Crippen LogP contribution in [0.1, 0.15) is 25.8 Å². The van der Waals surface area contributed by atoms with Crippen LogP contribution in [0.5, 0.6) is 0 Å². The maximum Gasteiger partial charge on any atom is 0.416 e. The molecular formula is C15H21F3N2O3S. The Hall–Kier alpha value is -1.77. The van der Waals surface area contributed by atoms with Crippen molar-refractivity contribution < 1.29 is 26.4 Å². The second-order valence-electron chi connectivity index (χ2n) is 5.83. The normalized spacial score (nSPS) is 12.3. The number of carbonyl (C=O) groups is 1. The maximum atomic E-state index is 12.8. The number of amides is 1. The summed E-state index contributed by atoms with van der Waals surface area (Å²) in [5, 5.41) is 2.56. The van der Waals surface area contributed by atoms with E-state index in [1.807, 2.05) is 13.8 Å².